The van der Waals surface area contributed by atoms with Gasteiger partial charge in [0.1, 0.15) is 17.2 Å². The zero-order chi connectivity index (χ0) is 24.0. The van der Waals surface area contributed by atoms with Gasteiger partial charge in [0.15, 0.2) is 0 Å². The van der Waals surface area contributed by atoms with Gasteiger partial charge in [-0.05, 0) is 53.4 Å². The van der Waals surface area contributed by atoms with Crippen molar-refractivity contribution in [3.05, 3.63) is 78.1 Å². The lowest BCUT2D eigenvalue weighted by Crippen LogP contribution is -2.29. The Hall–Kier alpha value is -4.20. The molecular formula is C25H26N4O4. The second-order valence-corrected chi connectivity index (χ2v) is 8.32. The van der Waals surface area contributed by atoms with Gasteiger partial charge in [-0.2, -0.15) is 0 Å². The number of carbonyl (C=O) groups excluding carboxylic acids is 3. The molecule has 3 rings (SSSR count). The Morgan fingerprint density at radius 1 is 0.788 bits per heavy atom. The van der Waals surface area contributed by atoms with Gasteiger partial charge < -0.3 is 20.7 Å². The molecule has 0 bridgehead atoms. The number of hydrogen-bond donors (Lipinski definition) is 3. The van der Waals surface area contributed by atoms with Gasteiger partial charge in [-0.1, -0.05) is 32.9 Å². The second-order valence-electron chi connectivity index (χ2n) is 8.32. The minimum atomic E-state index is -0.784. The maximum absolute atomic E-state index is 12.2. The van der Waals surface area contributed by atoms with Crippen LogP contribution in [0, 0.1) is 0 Å². The maximum atomic E-state index is 12.2. The minimum absolute atomic E-state index is 0.000376. The summed E-state index contributed by atoms with van der Waals surface area (Å²) in [6.45, 7) is 6.30. The summed E-state index contributed by atoms with van der Waals surface area (Å²) in [7, 11) is 1.52. The lowest BCUT2D eigenvalue weighted by atomic mass is 9.87. The summed E-state index contributed by atoms with van der Waals surface area (Å²) < 4.78 is 5.72. The predicted octanol–water partition coefficient (Wildman–Crippen LogP) is 4.11. The number of carbonyl (C=O) groups is 3. The van der Waals surface area contributed by atoms with E-state index in [0.29, 0.717) is 22.9 Å². The molecule has 0 unspecified atom stereocenters. The van der Waals surface area contributed by atoms with E-state index >= 15 is 0 Å². The van der Waals surface area contributed by atoms with Crippen LogP contribution in [0.15, 0.2) is 66.9 Å². The minimum Gasteiger partial charge on any atom is -0.457 e. The molecule has 0 radical (unpaired) electrons. The van der Waals surface area contributed by atoms with Gasteiger partial charge in [0, 0.05) is 30.7 Å². The Balaban J connectivity index is 1.57. The van der Waals surface area contributed by atoms with Crippen molar-refractivity contribution in [2.75, 3.05) is 17.7 Å². The number of aromatic nitrogens is 1. The Bertz CT molecular complexity index is 1150. The van der Waals surface area contributed by atoms with E-state index in [9.17, 15) is 14.4 Å². The van der Waals surface area contributed by atoms with Crippen molar-refractivity contribution < 1.29 is 19.1 Å². The van der Waals surface area contributed by atoms with Crippen LogP contribution in [0.3, 0.4) is 0 Å². The molecule has 0 saturated carbocycles. The van der Waals surface area contributed by atoms with Gasteiger partial charge in [-0.25, -0.2) is 0 Å². The molecule has 0 spiro atoms. The average molecular weight is 447 g/mol. The van der Waals surface area contributed by atoms with Crippen LogP contribution in [0.5, 0.6) is 11.5 Å². The first-order chi connectivity index (χ1) is 15.7. The number of amides is 3. The van der Waals surface area contributed by atoms with Crippen LogP contribution in [0.1, 0.15) is 36.8 Å². The van der Waals surface area contributed by atoms with Crippen LogP contribution in [0.2, 0.25) is 0 Å². The highest BCUT2D eigenvalue weighted by atomic mass is 16.5. The first-order valence-electron chi connectivity index (χ1n) is 10.3. The second kappa shape index (κ2) is 9.95. The number of anilines is 2. The highest BCUT2D eigenvalue weighted by Crippen LogP contribution is 2.24. The van der Waals surface area contributed by atoms with Crippen LogP contribution >= 0.6 is 0 Å². The first-order valence-corrected chi connectivity index (χ1v) is 10.3. The summed E-state index contributed by atoms with van der Waals surface area (Å²) >= 11 is 0. The molecule has 8 heteroatoms. The molecule has 0 fully saturated rings. The largest absolute Gasteiger partial charge is 0.457 e. The van der Waals surface area contributed by atoms with E-state index in [-0.39, 0.29) is 17.0 Å². The fourth-order valence-corrected chi connectivity index (χ4v) is 2.90. The molecular weight excluding hydrogens is 420 g/mol. The summed E-state index contributed by atoms with van der Waals surface area (Å²) in [5, 5.41) is 7.64. The third kappa shape index (κ3) is 6.39. The third-order valence-electron chi connectivity index (χ3n) is 4.75. The quantitative estimate of drug-likeness (QED) is 0.511. The molecule has 0 aliphatic rings. The number of ether oxygens (including phenoxy) is 1. The number of hydrogen-bond acceptors (Lipinski definition) is 5. The molecule has 170 valence electrons. The van der Waals surface area contributed by atoms with Crippen LogP contribution in [0.4, 0.5) is 11.4 Å². The summed E-state index contributed by atoms with van der Waals surface area (Å²) in [5.41, 5.74) is 2.34. The molecule has 0 aliphatic carbocycles. The zero-order valence-corrected chi connectivity index (χ0v) is 18.9. The number of nitrogens with zero attached hydrogens (tertiary/aromatic N) is 1. The molecule has 33 heavy (non-hydrogen) atoms. The summed E-state index contributed by atoms with van der Waals surface area (Å²) in [4.78, 5) is 40.2. The number of pyridine rings is 1. The summed E-state index contributed by atoms with van der Waals surface area (Å²) in [6, 6.07) is 17.0. The van der Waals surface area contributed by atoms with Crippen molar-refractivity contribution in [3.8, 4) is 11.5 Å². The fraction of sp³-hybridized carbons (Fsp3) is 0.200. The normalized spacial score (nSPS) is 10.8. The SMILES string of the molecule is CNC(=O)c1cc(Oc2ccc(NC(=O)C(=O)Nc3ccc(C(C)(C)C)cc3)cc2)ccn1. The smallest absolute Gasteiger partial charge is 0.314 e. The van der Waals surface area contributed by atoms with Crippen molar-refractivity contribution >= 4 is 29.1 Å². The highest BCUT2D eigenvalue weighted by Gasteiger charge is 2.16. The fourth-order valence-electron chi connectivity index (χ4n) is 2.90. The molecule has 1 heterocycles. The van der Waals surface area contributed by atoms with Crippen LogP contribution in [-0.2, 0) is 15.0 Å². The Kier molecular flexibility index (Phi) is 7.07. The van der Waals surface area contributed by atoms with Crippen molar-refractivity contribution in [1.82, 2.24) is 10.3 Å². The van der Waals surface area contributed by atoms with Gasteiger partial charge in [0.05, 0.1) is 0 Å². The van der Waals surface area contributed by atoms with E-state index in [2.05, 4.69) is 41.7 Å². The number of nitrogens with one attached hydrogen (secondary N) is 3. The Morgan fingerprint density at radius 3 is 1.85 bits per heavy atom. The molecule has 8 nitrogen and oxygen atoms in total. The molecule has 3 aromatic rings. The van der Waals surface area contributed by atoms with Crippen molar-refractivity contribution in [2.24, 2.45) is 0 Å². The lowest BCUT2D eigenvalue weighted by Gasteiger charge is -2.19. The lowest BCUT2D eigenvalue weighted by molar-refractivity contribution is -0.132. The van der Waals surface area contributed by atoms with E-state index in [1.54, 1.807) is 42.5 Å². The predicted molar refractivity (Wildman–Crippen MR) is 127 cm³/mol. The first kappa shape index (κ1) is 23.5. The zero-order valence-electron chi connectivity index (χ0n) is 18.9. The van der Waals surface area contributed by atoms with E-state index in [1.807, 2.05) is 12.1 Å². The van der Waals surface area contributed by atoms with Gasteiger partial charge in [-0.15, -0.1) is 0 Å². The number of rotatable bonds is 5. The van der Waals surface area contributed by atoms with Crippen molar-refractivity contribution in [1.29, 1.82) is 0 Å². The van der Waals surface area contributed by atoms with Crippen LogP contribution < -0.4 is 20.7 Å². The molecule has 3 amide bonds. The average Bonchev–Trinajstić information content (AvgIpc) is 2.79. The summed E-state index contributed by atoms with van der Waals surface area (Å²) in [5.74, 6) is -0.935. The third-order valence-corrected chi connectivity index (χ3v) is 4.75. The van der Waals surface area contributed by atoms with Gasteiger partial charge in [0.2, 0.25) is 0 Å². The number of benzene rings is 2. The standard InChI is InChI=1S/C25H26N4O4/c1-25(2,3)16-5-7-17(8-6-16)28-23(31)24(32)29-18-9-11-19(12-10-18)33-20-13-14-27-21(15-20)22(30)26-4/h5-15H,1-4H3,(H,26,30)(H,28,31)(H,29,32). The Labute approximate surface area is 192 Å². The van der Waals surface area contributed by atoms with Gasteiger partial charge >= 0.3 is 11.8 Å². The molecule has 0 saturated heterocycles. The monoisotopic (exact) mass is 446 g/mol. The molecule has 3 N–H and O–H groups in total. The van der Waals surface area contributed by atoms with Crippen LogP contribution in [0.25, 0.3) is 0 Å². The topological polar surface area (TPSA) is 109 Å². The van der Waals surface area contributed by atoms with Crippen molar-refractivity contribution in [2.45, 2.75) is 26.2 Å². The van der Waals surface area contributed by atoms with Gasteiger partial charge in [0.25, 0.3) is 5.91 Å². The molecule has 0 aliphatic heterocycles. The van der Waals surface area contributed by atoms with E-state index in [4.69, 9.17) is 4.74 Å². The highest BCUT2D eigenvalue weighted by molar-refractivity contribution is 6.43. The molecule has 0 atom stereocenters. The summed E-state index contributed by atoms with van der Waals surface area (Å²) in [6.07, 6.45) is 1.48. The van der Waals surface area contributed by atoms with Crippen molar-refractivity contribution in [3.63, 3.8) is 0 Å². The molecule has 1 aromatic heterocycles. The van der Waals surface area contributed by atoms with E-state index < -0.39 is 11.8 Å². The van der Waals surface area contributed by atoms with Crippen LogP contribution in [-0.4, -0.2) is 29.8 Å². The Morgan fingerprint density at radius 2 is 1.33 bits per heavy atom. The maximum Gasteiger partial charge on any atom is 0.314 e. The van der Waals surface area contributed by atoms with E-state index in [1.165, 1.54) is 19.3 Å². The molecule has 2 aromatic carbocycles. The van der Waals surface area contributed by atoms with E-state index in [0.717, 1.165) is 5.56 Å². The van der Waals surface area contributed by atoms with Gasteiger partial charge in [-0.3, -0.25) is 19.4 Å².